The fourth-order valence-corrected chi connectivity index (χ4v) is 5.16. The third-order valence-corrected chi connectivity index (χ3v) is 6.94. The van der Waals surface area contributed by atoms with Crippen LogP contribution in [0.1, 0.15) is 27.4 Å². The van der Waals surface area contributed by atoms with Crippen molar-refractivity contribution in [2.75, 3.05) is 5.32 Å². The van der Waals surface area contributed by atoms with E-state index >= 15 is 0 Å². The highest BCUT2D eigenvalue weighted by atomic mass is 35.5. The summed E-state index contributed by atoms with van der Waals surface area (Å²) < 4.78 is -1.32. The first-order valence-corrected chi connectivity index (χ1v) is 11.9. The largest absolute Gasteiger partial charge is 0.326 e. The molecule has 0 heterocycles. The van der Waals surface area contributed by atoms with Crippen molar-refractivity contribution < 1.29 is 9.59 Å². The molecule has 3 aromatic rings. The Bertz CT molecular complexity index is 1260. The number of hydrogen-bond acceptors (Lipinski definition) is 3. The molecule has 5 nitrogen and oxygen atoms in total. The zero-order chi connectivity index (χ0) is 24.5. The number of alkyl halides is 2. The molecule has 1 aliphatic carbocycles. The van der Waals surface area contributed by atoms with Gasteiger partial charge < -0.3 is 5.32 Å². The summed E-state index contributed by atoms with van der Waals surface area (Å²) in [5.74, 6) is -2.18. The summed E-state index contributed by atoms with van der Waals surface area (Å²) >= 11 is 31.1. The minimum atomic E-state index is -1.32. The molecule has 4 rings (SSSR count). The van der Waals surface area contributed by atoms with Gasteiger partial charge in [-0.05, 0) is 47.5 Å². The summed E-state index contributed by atoms with van der Waals surface area (Å²) in [6, 6.07) is 18.7. The van der Waals surface area contributed by atoms with Crippen molar-refractivity contribution in [1.29, 1.82) is 0 Å². The zero-order valence-electron chi connectivity index (χ0n) is 17.2. The molecule has 0 spiro atoms. The van der Waals surface area contributed by atoms with E-state index in [0.717, 1.165) is 5.56 Å². The first-order chi connectivity index (χ1) is 16.2. The minimum Gasteiger partial charge on any atom is -0.326 e. The van der Waals surface area contributed by atoms with Gasteiger partial charge >= 0.3 is 0 Å². The summed E-state index contributed by atoms with van der Waals surface area (Å²) in [4.78, 5) is 25.5. The number of hydrogen-bond donors (Lipinski definition) is 2. The maximum Gasteiger partial charge on any atom is 0.272 e. The van der Waals surface area contributed by atoms with E-state index in [1.54, 1.807) is 24.3 Å². The van der Waals surface area contributed by atoms with Crippen LogP contribution in [0.15, 0.2) is 71.8 Å². The van der Waals surface area contributed by atoms with E-state index in [1.807, 2.05) is 30.3 Å². The van der Waals surface area contributed by atoms with Gasteiger partial charge in [-0.2, -0.15) is 5.10 Å². The van der Waals surface area contributed by atoms with E-state index < -0.39 is 28.0 Å². The number of amides is 2. The molecule has 2 atom stereocenters. The van der Waals surface area contributed by atoms with E-state index in [1.165, 1.54) is 18.3 Å². The third kappa shape index (κ3) is 5.51. The zero-order valence-corrected chi connectivity index (χ0v) is 21.0. The Balaban J connectivity index is 1.46. The molecule has 10 heteroatoms. The number of nitrogens with one attached hydrogen (secondary N) is 2. The SMILES string of the molecule is O=C(NN=Cc1ccccc1)c1cc(NC(=O)[C@H]2[C@H](c3cc(Cl)cc(Cl)c3)C2(Cl)Cl)ccc1Cl. The van der Waals surface area contributed by atoms with E-state index in [9.17, 15) is 9.59 Å². The smallest absolute Gasteiger partial charge is 0.272 e. The number of hydrazone groups is 1. The second-order valence-electron chi connectivity index (χ2n) is 7.63. The van der Waals surface area contributed by atoms with Crippen LogP contribution in [0.2, 0.25) is 15.1 Å². The highest BCUT2D eigenvalue weighted by molar-refractivity contribution is 6.53. The lowest BCUT2D eigenvalue weighted by Gasteiger charge is -2.09. The normalized spacial score (nSPS) is 18.5. The summed E-state index contributed by atoms with van der Waals surface area (Å²) in [6.45, 7) is 0. The highest BCUT2D eigenvalue weighted by Gasteiger charge is 2.67. The molecule has 0 radical (unpaired) electrons. The Morgan fingerprint density at radius 2 is 1.59 bits per heavy atom. The predicted molar refractivity (Wildman–Crippen MR) is 139 cm³/mol. The molecule has 2 N–H and O–H groups in total. The van der Waals surface area contributed by atoms with Crippen LogP contribution in [0, 0.1) is 5.92 Å². The first-order valence-electron chi connectivity index (χ1n) is 9.99. The van der Waals surface area contributed by atoms with Crippen molar-refractivity contribution in [3.05, 3.63) is 98.5 Å². The van der Waals surface area contributed by atoms with Crippen molar-refractivity contribution >= 4 is 81.7 Å². The van der Waals surface area contributed by atoms with Gasteiger partial charge in [-0.3, -0.25) is 9.59 Å². The molecular weight excluding hydrogens is 540 g/mol. The average Bonchev–Trinajstić information content (AvgIpc) is 3.37. The van der Waals surface area contributed by atoms with E-state index in [2.05, 4.69) is 15.8 Å². The number of benzene rings is 3. The summed E-state index contributed by atoms with van der Waals surface area (Å²) in [6.07, 6.45) is 1.51. The number of nitrogens with zero attached hydrogens (tertiary/aromatic N) is 1. The lowest BCUT2D eigenvalue weighted by atomic mass is 10.1. The van der Waals surface area contributed by atoms with Crippen LogP contribution in [0.4, 0.5) is 5.69 Å². The van der Waals surface area contributed by atoms with Crippen LogP contribution in [0.3, 0.4) is 0 Å². The average molecular weight is 556 g/mol. The maximum absolute atomic E-state index is 12.9. The number of anilines is 1. The molecule has 2 amide bonds. The molecular formula is C24H16Cl5N3O2. The van der Waals surface area contributed by atoms with E-state index in [0.29, 0.717) is 21.3 Å². The van der Waals surface area contributed by atoms with Gasteiger partial charge in [0.05, 0.1) is 22.7 Å². The monoisotopic (exact) mass is 553 g/mol. The molecule has 0 aromatic heterocycles. The van der Waals surface area contributed by atoms with Gasteiger partial charge in [0.2, 0.25) is 5.91 Å². The van der Waals surface area contributed by atoms with Crippen LogP contribution < -0.4 is 10.7 Å². The second-order valence-corrected chi connectivity index (χ2v) is 10.4. The van der Waals surface area contributed by atoms with Gasteiger partial charge in [-0.25, -0.2) is 5.43 Å². The Kier molecular flexibility index (Phi) is 7.41. The van der Waals surface area contributed by atoms with Gasteiger partial charge in [-0.15, -0.1) is 23.2 Å². The fraction of sp³-hybridized carbons (Fsp3) is 0.125. The van der Waals surface area contributed by atoms with Crippen molar-refractivity contribution in [2.24, 2.45) is 11.0 Å². The Morgan fingerprint density at radius 3 is 2.26 bits per heavy atom. The predicted octanol–water partition coefficient (Wildman–Crippen LogP) is 6.94. The quantitative estimate of drug-likeness (QED) is 0.197. The van der Waals surface area contributed by atoms with Crippen molar-refractivity contribution in [1.82, 2.24) is 5.43 Å². The fourth-order valence-electron chi connectivity index (χ4n) is 3.58. The van der Waals surface area contributed by atoms with Crippen LogP contribution in [0.25, 0.3) is 0 Å². The number of rotatable bonds is 6. The Morgan fingerprint density at radius 1 is 0.912 bits per heavy atom. The van der Waals surface area contributed by atoms with Gasteiger partial charge in [0.1, 0.15) is 4.33 Å². The van der Waals surface area contributed by atoms with Crippen molar-refractivity contribution in [2.45, 2.75) is 10.3 Å². The molecule has 1 aliphatic rings. The molecule has 34 heavy (non-hydrogen) atoms. The summed E-state index contributed by atoms with van der Waals surface area (Å²) in [7, 11) is 0. The van der Waals surface area contributed by atoms with Crippen LogP contribution in [-0.2, 0) is 4.79 Å². The van der Waals surface area contributed by atoms with Gasteiger partial charge in [0.25, 0.3) is 5.91 Å². The number of carbonyl (C=O) groups is 2. The molecule has 0 aliphatic heterocycles. The van der Waals surface area contributed by atoms with Gasteiger partial charge in [-0.1, -0.05) is 65.1 Å². The Hall–Kier alpha value is -2.28. The number of carbonyl (C=O) groups excluding carboxylic acids is 2. The topological polar surface area (TPSA) is 70.6 Å². The Labute approximate surface area is 221 Å². The molecule has 174 valence electrons. The molecule has 0 saturated heterocycles. The van der Waals surface area contributed by atoms with Crippen molar-refractivity contribution in [3.63, 3.8) is 0 Å². The third-order valence-electron chi connectivity index (χ3n) is 5.24. The van der Waals surface area contributed by atoms with Crippen molar-refractivity contribution in [3.8, 4) is 0 Å². The molecule has 0 bridgehead atoms. The molecule has 0 unspecified atom stereocenters. The number of halogens is 5. The highest BCUT2D eigenvalue weighted by Crippen LogP contribution is 2.65. The minimum absolute atomic E-state index is 0.140. The van der Waals surface area contributed by atoms with Crippen LogP contribution in [-0.4, -0.2) is 22.4 Å². The van der Waals surface area contributed by atoms with E-state index in [-0.39, 0.29) is 10.6 Å². The van der Waals surface area contributed by atoms with Crippen LogP contribution in [0.5, 0.6) is 0 Å². The van der Waals surface area contributed by atoms with E-state index in [4.69, 9.17) is 58.0 Å². The molecule has 1 saturated carbocycles. The van der Waals surface area contributed by atoms with Gasteiger partial charge in [0, 0.05) is 21.7 Å². The summed E-state index contributed by atoms with van der Waals surface area (Å²) in [5.41, 5.74) is 4.40. The first kappa shape index (κ1) is 24.8. The standard InChI is InChI=1S/C24H16Cl5N3O2/c25-15-8-14(9-16(26)10-15)20-21(24(20,28)29)23(34)31-17-6-7-19(27)18(11-17)22(33)32-30-12-13-4-2-1-3-5-13/h1-12,20-21H,(H,31,34)(H,32,33)/t20-,21+/m0/s1. The lowest BCUT2D eigenvalue weighted by molar-refractivity contribution is -0.117. The maximum atomic E-state index is 12.9. The van der Waals surface area contributed by atoms with Crippen LogP contribution >= 0.6 is 58.0 Å². The second kappa shape index (κ2) is 10.1. The molecule has 1 fully saturated rings. The lowest BCUT2D eigenvalue weighted by Crippen LogP contribution is -2.20. The molecule has 3 aromatic carbocycles. The van der Waals surface area contributed by atoms with Gasteiger partial charge in [0.15, 0.2) is 0 Å². The summed E-state index contributed by atoms with van der Waals surface area (Å²) in [5, 5.41) is 7.72.